The molecule has 2 nitrogen and oxygen atoms in total. The van der Waals surface area contributed by atoms with Crippen LogP contribution in [0.2, 0.25) is 0 Å². The van der Waals surface area contributed by atoms with Crippen molar-refractivity contribution in [2.75, 3.05) is 19.6 Å². The second-order valence-electron chi connectivity index (χ2n) is 8.23. The molecule has 2 rings (SSSR count). The van der Waals surface area contributed by atoms with Gasteiger partial charge >= 0.3 is 0 Å². The van der Waals surface area contributed by atoms with Gasteiger partial charge in [-0.05, 0) is 77.9 Å². The number of piperidine rings is 2. The van der Waals surface area contributed by atoms with E-state index in [9.17, 15) is 0 Å². The van der Waals surface area contributed by atoms with Gasteiger partial charge in [-0.25, -0.2) is 0 Å². The Kier molecular flexibility index (Phi) is 10.5. The van der Waals surface area contributed by atoms with Crippen molar-refractivity contribution in [1.82, 2.24) is 9.80 Å². The average Bonchev–Trinajstić information content (AvgIpc) is 2.56. The molecule has 2 fully saturated rings. The zero-order valence-corrected chi connectivity index (χ0v) is 17.0. The standard InChI is InChI=1S/C11H23N.C10H21N/c1-4-8-12-9-6-5-7-11(12)10(2)3;1-4-10-7-5-6-8-11(10)9(2)3/h10-11H,4-9H2,1-3H3;9-10H,4-8H2,1-3H3. The molecule has 2 aliphatic rings. The molecule has 2 unspecified atom stereocenters. The van der Waals surface area contributed by atoms with Crippen LogP contribution in [0.3, 0.4) is 0 Å². The molecule has 0 amide bonds. The van der Waals surface area contributed by atoms with Crippen molar-refractivity contribution in [3.63, 3.8) is 0 Å². The van der Waals surface area contributed by atoms with Crippen molar-refractivity contribution in [2.24, 2.45) is 5.92 Å². The highest BCUT2D eigenvalue weighted by molar-refractivity contribution is 4.79. The molecule has 2 saturated heterocycles. The molecule has 2 aliphatic heterocycles. The van der Waals surface area contributed by atoms with Gasteiger partial charge in [0.05, 0.1) is 0 Å². The summed E-state index contributed by atoms with van der Waals surface area (Å²) in [5.74, 6) is 0.844. The summed E-state index contributed by atoms with van der Waals surface area (Å²) in [5.41, 5.74) is 0. The third kappa shape index (κ3) is 7.13. The van der Waals surface area contributed by atoms with Gasteiger partial charge < -0.3 is 4.90 Å². The molecule has 0 N–H and O–H groups in total. The largest absolute Gasteiger partial charge is 0.300 e. The summed E-state index contributed by atoms with van der Waals surface area (Å²) in [6.45, 7) is 17.9. The molecule has 0 aromatic carbocycles. The molecule has 0 saturated carbocycles. The van der Waals surface area contributed by atoms with Crippen LogP contribution in [0.4, 0.5) is 0 Å². The maximum atomic E-state index is 2.69. The fourth-order valence-corrected chi connectivity index (χ4v) is 4.48. The molecule has 0 spiro atoms. The van der Waals surface area contributed by atoms with Crippen molar-refractivity contribution in [1.29, 1.82) is 0 Å². The fraction of sp³-hybridized carbons (Fsp3) is 1.00. The third-order valence-electron chi connectivity index (χ3n) is 5.75. The lowest BCUT2D eigenvalue weighted by molar-refractivity contribution is 0.109. The molecule has 2 heterocycles. The van der Waals surface area contributed by atoms with Crippen LogP contribution in [-0.4, -0.2) is 47.6 Å². The Hall–Kier alpha value is -0.0800. The maximum absolute atomic E-state index is 2.69. The Labute approximate surface area is 147 Å². The van der Waals surface area contributed by atoms with Crippen LogP contribution >= 0.6 is 0 Å². The van der Waals surface area contributed by atoms with Crippen LogP contribution < -0.4 is 0 Å². The molecule has 2 atom stereocenters. The molecule has 0 aromatic rings. The average molecular weight is 325 g/mol. The van der Waals surface area contributed by atoms with Crippen molar-refractivity contribution < 1.29 is 0 Å². The highest BCUT2D eigenvalue weighted by Gasteiger charge is 2.24. The predicted molar refractivity (Wildman–Crippen MR) is 104 cm³/mol. The Bertz CT molecular complexity index is 286. The number of nitrogens with zero attached hydrogens (tertiary/aromatic N) is 2. The van der Waals surface area contributed by atoms with Crippen LogP contribution in [0.5, 0.6) is 0 Å². The number of likely N-dealkylation sites (tertiary alicyclic amines) is 2. The van der Waals surface area contributed by atoms with E-state index in [2.05, 4.69) is 51.3 Å². The van der Waals surface area contributed by atoms with Crippen molar-refractivity contribution >= 4 is 0 Å². The minimum atomic E-state index is 0.750. The monoisotopic (exact) mass is 324 g/mol. The second-order valence-corrected chi connectivity index (χ2v) is 8.23. The van der Waals surface area contributed by atoms with Gasteiger partial charge in [0.1, 0.15) is 0 Å². The Morgan fingerprint density at radius 1 is 0.870 bits per heavy atom. The summed E-state index contributed by atoms with van der Waals surface area (Å²) in [5, 5.41) is 0. The topological polar surface area (TPSA) is 6.48 Å². The first-order valence-electron chi connectivity index (χ1n) is 10.5. The predicted octanol–water partition coefficient (Wildman–Crippen LogP) is 5.57. The van der Waals surface area contributed by atoms with Gasteiger partial charge in [-0.1, -0.05) is 40.5 Å². The smallest absolute Gasteiger partial charge is 0.0118 e. The van der Waals surface area contributed by atoms with Crippen molar-refractivity contribution in [3.8, 4) is 0 Å². The first kappa shape index (κ1) is 21.0. The van der Waals surface area contributed by atoms with Crippen molar-refractivity contribution in [2.45, 2.75) is 111 Å². The molecule has 138 valence electrons. The summed E-state index contributed by atoms with van der Waals surface area (Å²) >= 11 is 0. The highest BCUT2D eigenvalue weighted by Crippen LogP contribution is 2.23. The quantitative estimate of drug-likeness (QED) is 0.652. The van der Waals surface area contributed by atoms with Gasteiger partial charge in [-0.3, -0.25) is 4.90 Å². The molecule has 0 aliphatic carbocycles. The highest BCUT2D eigenvalue weighted by atomic mass is 15.2. The van der Waals surface area contributed by atoms with Gasteiger partial charge in [0.15, 0.2) is 0 Å². The van der Waals surface area contributed by atoms with Crippen LogP contribution in [0.1, 0.15) is 92.9 Å². The Balaban J connectivity index is 0.000000231. The van der Waals surface area contributed by atoms with E-state index >= 15 is 0 Å². The first-order valence-corrected chi connectivity index (χ1v) is 10.5. The summed E-state index contributed by atoms with van der Waals surface area (Å²) in [7, 11) is 0. The lowest BCUT2D eigenvalue weighted by atomic mass is 9.93. The molecule has 23 heavy (non-hydrogen) atoms. The normalized spacial score (nSPS) is 27.1. The van der Waals surface area contributed by atoms with Gasteiger partial charge in [-0.15, -0.1) is 0 Å². The van der Waals surface area contributed by atoms with E-state index < -0.39 is 0 Å². The summed E-state index contributed by atoms with van der Waals surface area (Å²) < 4.78 is 0. The van der Waals surface area contributed by atoms with Gasteiger partial charge in [0.25, 0.3) is 0 Å². The van der Waals surface area contributed by atoms with Gasteiger partial charge in [0.2, 0.25) is 0 Å². The lowest BCUT2D eigenvalue weighted by Gasteiger charge is -2.38. The van der Waals surface area contributed by atoms with E-state index in [1.54, 1.807) is 0 Å². The summed E-state index contributed by atoms with van der Waals surface area (Å²) in [6, 6.07) is 2.50. The van der Waals surface area contributed by atoms with Crippen LogP contribution in [0.15, 0.2) is 0 Å². The van der Waals surface area contributed by atoms with Gasteiger partial charge in [0, 0.05) is 18.1 Å². The van der Waals surface area contributed by atoms with Crippen LogP contribution in [0.25, 0.3) is 0 Å². The number of hydrogen-bond donors (Lipinski definition) is 0. The van der Waals surface area contributed by atoms with Gasteiger partial charge in [-0.2, -0.15) is 0 Å². The SMILES string of the molecule is CCC1CCCCN1C(C)C.CCCN1CCCCC1C(C)C. The van der Waals surface area contributed by atoms with E-state index in [1.807, 2.05) is 0 Å². The van der Waals surface area contributed by atoms with E-state index in [4.69, 9.17) is 0 Å². The zero-order chi connectivity index (χ0) is 17.2. The third-order valence-corrected chi connectivity index (χ3v) is 5.75. The molecule has 0 radical (unpaired) electrons. The van der Waals surface area contributed by atoms with Crippen molar-refractivity contribution in [3.05, 3.63) is 0 Å². The molecule has 2 heteroatoms. The van der Waals surface area contributed by atoms with E-state index in [0.717, 1.165) is 24.0 Å². The Morgan fingerprint density at radius 3 is 2.04 bits per heavy atom. The molecular weight excluding hydrogens is 280 g/mol. The second kappa shape index (κ2) is 11.5. The minimum absolute atomic E-state index is 0.750. The zero-order valence-electron chi connectivity index (χ0n) is 17.0. The van der Waals surface area contributed by atoms with E-state index in [-0.39, 0.29) is 0 Å². The Morgan fingerprint density at radius 2 is 1.52 bits per heavy atom. The summed E-state index contributed by atoms with van der Waals surface area (Å²) in [6.07, 6.45) is 11.2. The first-order chi connectivity index (χ1) is 11.0. The molecule has 0 aromatic heterocycles. The number of hydrogen-bond acceptors (Lipinski definition) is 2. The van der Waals surface area contributed by atoms with E-state index in [1.165, 1.54) is 71.0 Å². The molecular formula is C21H44N2. The molecule has 0 bridgehead atoms. The number of rotatable bonds is 5. The maximum Gasteiger partial charge on any atom is 0.0118 e. The van der Waals surface area contributed by atoms with Crippen LogP contribution in [-0.2, 0) is 0 Å². The fourth-order valence-electron chi connectivity index (χ4n) is 4.48. The summed E-state index contributed by atoms with van der Waals surface area (Å²) in [4.78, 5) is 5.34. The van der Waals surface area contributed by atoms with E-state index in [0.29, 0.717) is 0 Å². The minimum Gasteiger partial charge on any atom is -0.300 e. The lowest BCUT2D eigenvalue weighted by Crippen LogP contribution is -2.43. The van der Waals surface area contributed by atoms with Crippen LogP contribution in [0, 0.1) is 5.92 Å².